The molecule has 0 heterocycles. The molecule has 2 amide bonds. The summed E-state index contributed by atoms with van der Waals surface area (Å²) in [5, 5.41) is 16.6. The topological polar surface area (TPSA) is 78.4 Å². The van der Waals surface area contributed by atoms with Crippen molar-refractivity contribution in [3.63, 3.8) is 0 Å². The number of hydrogen-bond acceptors (Lipinski definition) is 3. The molecule has 0 spiro atoms. The van der Waals surface area contributed by atoms with Gasteiger partial charge in [-0.2, -0.15) is 0 Å². The average molecular weight is 387 g/mol. The van der Waals surface area contributed by atoms with Crippen molar-refractivity contribution in [2.75, 3.05) is 0 Å². The van der Waals surface area contributed by atoms with E-state index < -0.39 is 0 Å². The number of allylic oxidation sites excluding steroid dienone is 1. The lowest BCUT2D eigenvalue weighted by Crippen LogP contribution is -2.55. The minimum absolute atomic E-state index is 0.0102. The lowest BCUT2D eigenvalue weighted by atomic mass is 9.50. The van der Waals surface area contributed by atoms with E-state index in [9.17, 15) is 14.7 Å². The summed E-state index contributed by atoms with van der Waals surface area (Å²) in [4.78, 5) is 23.8. The minimum Gasteiger partial charge on any atom is -0.389 e. The van der Waals surface area contributed by atoms with Crippen LogP contribution in [-0.4, -0.2) is 35.1 Å². The van der Waals surface area contributed by atoms with E-state index in [1.54, 1.807) is 13.8 Å². The molecule has 0 aromatic rings. The third-order valence-electron chi connectivity index (χ3n) is 8.30. The second-order valence-corrected chi connectivity index (χ2v) is 9.95. The van der Waals surface area contributed by atoms with E-state index in [1.807, 2.05) is 6.08 Å². The number of rotatable bonds is 2. The molecular weight excluding hydrogens is 352 g/mol. The number of nitrogens with one attached hydrogen (secondary N) is 2. The summed E-state index contributed by atoms with van der Waals surface area (Å²) in [6.45, 7) is 7.85. The molecule has 0 bridgehead atoms. The number of fused-ring (bicyclic) bond motifs is 4. The van der Waals surface area contributed by atoms with Gasteiger partial charge in [-0.15, -0.1) is 0 Å². The highest BCUT2D eigenvalue weighted by Gasteiger charge is 2.56. The molecule has 2 saturated carbocycles. The van der Waals surface area contributed by atoms with Gasteiger partial charge in [-0.1, -0.05) is 31.6 Å². The van der Waals surface area contributed by atoms with E-state index in [-0.39, 0.29) is 40.8 Å². The van der Waals surface area contributed by atoms with E-state index in [1.165, 1.54) is 11.1 Å². The summed E-state index contributed by atoms with van der Waals surface area (Å²) in [6.07, 6.45) is 9.60. The first-order valence-electron chi connectivity index (χ1n) is 10.8. The Morgan fingerprint density at radius 1 is 1.11 bits per heavy atom. The third kappa shape index (κ3) is 2.94. The fourth-order valence-electron chi connectivity index (χ4n) is 6.91. The van der Waals surface area contributed by atoms with E-state index in [0.717, 1.165) is 38.5 Å². The summed E-state index contributed by atoms with van der Waals surface area (Å²) < 4.78 is 0. The molecule has 0 radical (unpaired) electrons. The molecule has 4 aliphatic carbocycles. The highest BCUT2D eigenvalue weighted by atomic mass is 16.3. The largest absolute Gasteiger partial charge is 0.389 e. The predicted molar refractivity (Wildman–Crippen MR) is 108 cm³/mol. The first-order chi connectivity index (χ1) is 13.1. The molecule has 3 N–H and O–H groups in total. The first-order valence-corrected chi connectivity index (χ1v) is 10.8. The van der Waals surface area contributed by atoms with Crippen LogP contribution in [0.25, 0.3) is 0 Å². The number of aliphatic hydroxyl groups is 1. The lowest BCUT2D eigenvalue weighted by molar-refractivity contribution is -0.120. The summed E-state index contributed by atoms with van der Waals surface area (Å²) in [5.74, 6) is 0.815. The first kappa shape index (κ1) is 19.7. The van der Waals surface area contributed by atoms with Crippen LogP contribution in [0.5, 0.6) is 0 Å². The van der Waals surface area contributed by atoms with Gasteiger partial charge in [-0.05, 0) is 61.3 Å². The molecule has 0 saturated heterocycles. The van der Waals surface area contributed by atoms with Crippen LogP contribution in [0.3, 0.4) is 0 Å². The van der Waals surface area contributed by atoms with Gasteiger partial charge < -0.3 is 15.7 Å². The molecule has 154 valence electrons. The predicted octanol–water partition coefficient (Wildman–Crippen LogP) is 2.85. The quantitative estimate of drug-likeness (QED) is 0.639. The monoisotopic (exact) mass is 386 g/mol. The van der Waals surface area contributed by atoms with Gasteiger partial charge in [0.05, 0.1) is 12.1 Å². The molecule has 28 heavy (non-hydrogen) atoms. The number of hydrogen-bond donors (Lipinski definition) is 3. The molecule has 0 aromatic carbocycles. The highest BCUT2D eigenvalue weighted by molar-refractivity contribution is 5.74. The van der Waals surface area contributed by atoms with Crippen LogP contribution < -0.4 is 10.6 Å². The molecule has 4 aliphatic rings. The molecule has 2 fully saturated rings. The van der Waals surface area contributed by atoms with E-state index in [4.69, 9.17) is 0 Å². The zero-order valence-corrected chi connectivity index (χ0v) is 17.5. The fourth-order valence-corrected chi connectivity index (χ4v) is 6.91. The van der Waals surface area contributed by atoms with Crippen molar-refractivity contribution in [1.29, 1.82) is 0 Å². The average Bonchev–Trinajstić information content (AvgIpc) is 2.92. The van der Waals surface area contributed by atoms with Crippen molar-refractivity contribution < 1.29 is 14.7 Å². The molecule has 0 aromatic heterocycles. The van der Waals surface area contributed by atoms with E-state index in [2.05, 4.69) is 30.6 Å². The molecule has 5 heteroatoms. The van der Waals surface area contributed by atoms with Crippen LogP contribution in [0.1, 0.15) is 66.2 Å². The zero-order chi connectivity index (χ0) is 20.3. The van der Waals surface area contributed by atoms with Crippen molar-refractivity contribution in [2.24, 2.45) is 22.7 Å². The summed E-state index contributed by atoms with van der Waals surface area (Å²) in [5.41, 5.74) is 2.91. The van der Waals surface area contributed by atoms with Crippen LogP contribution >= 0.6 is 0 Å². The van der Waals surface area contributed by atoms with Crippen LogP contribution in [-0.2, 0) is 9.59 Å². The second-order valence-electron chi connectivity index (χ2n) is 9.95. The molecule has 7 atom stereocenters. The Labute approximate surface area is 168 Å². The zero-order valence-electron chi connectivity index (χ0n) is 17.5. The normalized spacial score (nSPS) is 44.4. The lowest BCUT2D eigenvalue weighted by Gasteiger charge is -2.56. The maximum absolute atomic E-state index is 12.0. The van der Waals surface area contributed by atoms with Crippen molar-refractivity contribution >= 4 is 11.8 Å². The van der Waals surface area contributed by atoms with Gasteiger partial charge in [0, 0.05) is 25.3 Å². The highest BCUT2D eigenvalue weighted by Crippen LogP contribution is 2.62. The SMILES string of the molecule is CC(=O)N[C@H]1C[C@@H]2C[C@@H](O)C=C[C@]2(C)[C@H]2CC[C@@]3(C)C(=C12)CC[C@@H]3NC(C)=O. The van der Waals surface area contributed by atoms with Gasteiger partial charge in [-0.3, -0.25) is 9.59 Å². The van der Waals surface area contributed by atoms with Gasteiger partial charge in [0.15, 0.2) is 0 Å². The molecule has 0 unspecified atom stereocenters. The molecule has 4 rings (SSSR count). The van der Waals surface area contributed by atoms with Crippen molar-refractivity contribution in [3.05, 3.63) is 23.3 Å². The number of amides is 2. The fraction of sp³-hybridized carbons (Fsp3) is 0.739. The standard InChI is InChI=1S/C23H34N2O3/c1-13(26)24-19-12-15-11-16(28)7-9-22(15,3)18-8-10-23(4)17(21(18)19)5-6-20(23)25-14(2)27/h7,9,15-16,18-20,28H,5-6,8,10-12H2,1-4H3,(H,24,26)(H,25,27)/t15-,16-,18-,19-,20-,22-,23-/m0/s1. The Balaban J connectivity index is 1.80. The molecule has 0 aliphatic heterocycles. The summed E-state index contributed by atoms with van der Waals surface area (Å²) >= 11 is 0. The van der Waals surface area contributed by atoms with Crippen LogP contribution in [0.15, 0.2) is 23.3 Å². The van der Waals surface area contributed by atoms with Crippen LogP contribution in [0, 0.1) is 22.7 Å². The van der Waals surface area contributed by atoms with Crippen molar-refractivity contribution in [1.82, 2.24) is 10.6 Å². The Kier molecular flexibility index (Phi) is 4.72. The molecule has 5 nitrogen and oxygen atoms in total. The molecular formula is C23H34N2O3. The van der Waals surface area contributed by atoms with Crippen molar-refractivity contribution in [2.45, 2.75) is 84.4 Å². The van der Waals surface area contributed by atoms with Crippen molar-refractivity contribution in [3.8, 4) is 0 Å². The Hall–Kier alpha value is -1.62. The summed E-state index contributed by atoms with van der Waals surface area (Å²) in [7, 11) is 0. The Morgan fingerprint density at radius 3 is 2.50 bits per heavy atom. The van der Waals surface area contributed by atoms with Crippen LogP contribution in [0.2, 0.25) is 0 Å². The van der Waals surface area contributed by atoms with Gasteiger partial charge in [0.2, 0.25) is 11.8 Å². The number of carbonyl (C=O) groups excluding carboxylic acids is 2. The smallest absolute Gasteiger partial charge is 0.217 e. The van der Waals surface area contributed by atoms with E-state index >= 15 is 0 Å². The number of carbonyl (C=O) groups is 2. The third-order valence-corrected chi connectivity index (χ3v) is 8.30. The van der Waals surface area contributed by atoms with E-state index in [0.29, 0.717) is 11.8 Å². The number of aliphatic hydroxyl groups excluding tert-OH is 1. The minimum atomic E-state index is -0.380. The second kappa shape index (κ2) is 6.72. The van der Waals surface area contributed by atoms with Gasteiger partial charge in [0.1, 0.15) is 0 Å². The van der Waals surface area contributed by atoms with Gasteiger partial charge in [0.25, 0.3) is 0 Å². The van der Waals surface area contributed by atoms with Gasteiger partial charge >= 0.3 is 0 Å². The Bertz CT molecular complexity index is 757. The van der Waals surface area contributed by atoms with Gasteiger partial charge in [-0.25, -0.2) is 0 Å². The van der Waals surface area contributed by atoms with Crippen LogP contribution in [0.4, 0.5) is 0 Å². The Morgan fingerprint density at radius 2 is 1.82 bits per heavy atom. The maximum Gasteiger partial charge on any atom is 0.217 e. The summed E-state index contributed by atoms with van der Waals surface area (Å²) in [6, 6.07) is 0.227. The maximum atomic E-state index is 12.0.